The van der Waals surface area contributed by atoms with E-state index in [-0.39, 0.29) is 12.3 Å². The Hall–Kier alpha value is -1.25. The number of hydrogen-bond acceptors (Lipinski definition) is 3. The molecule has 2 rings (SSSR count). The van der Waals surface area contributed by atoms with Gasteiger partial charge in [-0.15, -0.1) is 0 Å². The molecule has 0 aliphatic carbocycles. The minimum atomic E-state index is -3.03. The maximum Gasteiger partial charge on any atom is 0.338 e. The standard InChI is InChI=1S/C13H13F2IN2O2/c1-4-20-12(19)8-5-7(2)18-9(6-8)17-10(11(18)16)13(3,14)15/h5-6H,4H2,1-3H3. The topological polar surface area (TPSA) is 43.6 Å². The van der Waals surface area contributed by atoms with Crippen LogP contribution in [0.2, 0.25) is 0 Å². The Labute approximate surface area is 128 Å². The lowest BCUT2D eigenvalue weighted by Crippen LogP contribution is -2.10. The van der Waals surface area contributed by atoms with Gasteiger partial charge in [0.05, 0.1) is 12.2 Å². The first-order valence-corrected chi connectivity index (χ1v) is 7.07. The Morgan fingerprint density at radius 2 is 2.15 bits per heavy atom. The Balaban J connectivity index is 2.64. The minimum absolute atomic E-state index is 0.257. The maximum atomic E-state index is 13.5. The fraction of sp³-hybridized carbons (Fsp3) is 0.385. The minimum Gasteiger partial charge on any atom is -0.462 e. The van der Waals surface area contributed by atoms with Crippen molar-refractivity contribution >= 4 is 34.2 Å². The second-order valence-electron chi connectivity index (χ2n) is 4.44. The summed E-state index contributed by atoms with van der Waals surface area (Å²) in [6, 6.07) is 3.06. The Kier molecular flexibility index (Phi) is 3.99. The smallest absolute Gasteiger partial charge is 0.338 e. The zero-order chi connectivity index (χ0) is 15.1. The van der Waals surface area contributed by atoms with Crippen LogP contribution >= 0.6 is 22.6 Å². The number of esters is 1. The highest BCUT2D eigenvalue weighted by Gasteiger charge is 2.32. The molecule has 2 aromatic heterocycles. The monoisotopic (exact) mass is 394 g/mol. The average molecular weight is 394 g/mol. The molecule has 0 atom stereocenters. The third kappa shape index (κ3) is 2.63. The largest absolute Gasteiger partial charge is 0.462 e. The van der Waals surface area contributed by atoms with E-state index in [0.717, 1.165) is 6.92 Å². The number of carbonyl (C=O) groups excluding carboxylic acids is 1. The quantitative estimate of drug-likeness (QED) is 0.591. The van der Waals surface area contributed by atoms with Crippen molar-refractivity contribution in [1.82, 2.24) is 9.38 Å². The average Bonchev–Trinajstić information content (AvgIpc) is 2.67. The number of imidazole rings is 1. The number of pyridine rings is 1. The van der Waals surface area contributed by atoms with Gasteiger partial charge in [0.2, 0.25) is 0 Å². The SMILES string of the molecule is CCOC(=O)c1cc(C)n2c(I)c(C(C)(F)F)nc2c1. The molecule has 7 heteroatoms. The highest BCUT2D eigenvalue weighted by molar-refractivity contribution is 14.1. The molecular formula is C13H13F2IN2O2. The van der Waals surface area contributed by atoms with E-state index < -0.39 is 11.9 Å². The molecule has 0 radical (unpaired) electrons. The first kappa shape index (κ1) is 15.1. The Morgan fingerprint density at radius 1 is 1.50 bits per heavy atom. The van der Waals surface area contributed by atoms with Crippen LogP contribution in [0.4, 0.5) is 8.78 Å². The summed E-state index contributed by atoms with van der Waals surface area (Å²) in [5, 5.41) is 0. The molecule has 0 bridgehead atoms. The van der Waals surface area contributed by atoms with E-state index in [1.165, 1.54) is 6.07 Å². The van der Waals surface area contributed by atoms with E-state index >= 15 is 0 Å². The normalized spacial score (nSPS) is 11.9. The fourth-order valence-electron chi connectivity index (χ4n) is 1.93. The van der Waals surface area contributed by atoms with Gasteiger partial charge in [0.15, 0.2) is 0 Å². The molecule has 0 fully saturated rings. The molecule has 0 aliphatic rings. The molecule has 0 unspecified atom stereocenters. The van der Waals surface area contributed by atoms with Crippen molar-refractivity contribution in [2.45, 2.75) is 26.7 Å². The van der Waals surface area contributed by atoms with Gasteiger partial charge >= 0.3 is 5.97 Å². The number of alkyl halides is 2. The van der Waals surface area contributed by atoms with E-state index in [4.69, 9.17) is 4.74 Å². The number of aryl methyl sites for hydroxylation is 1. The summed E-state index contributed by atoms with van der Waals surface area (Å²) in [5.41, 5.74) is 0.985. The van der Waals surface area contributed by atoms with E-state index in [1.54, 1.807) is 24.3 Å². The van der Waals surface area contributed by atoms with Gasteiger partial charge in [-0.2, -0.15) is 8.78 Å². The number of fused-ring (bicyclic) bond motifs is 1. The predicted molar refractivity (Wildman–Crippen MR) is 78.2 cm³/mol. The maximum absolute atomic E-state index is 13.5. The summed E-state index contributed by atoms with van der Waals surface area (Å²) >= 11 is 1.83. The molecule has 20 heavy (non-hydrogen) atoms. The number of hydrogen-bond donors (Lipinski definition) is 0. The lowest BCUT2D eigenvalue weighted by Gasteiger charge is -2.07. The Morgan fingerprint density at radius 3 is 2.70 bits per heavy atom. The second-order valence-corrected chi connectivity index (χ2v) is 5.46. The van der Waals surface area contributed by atoms with Gasteiger partial charge in [0, 0.05) is 12.6 Å². The van der Waals surface area contributed by atoms with Gasteiger partial charge < -0.3 is 4.74 Å². The molecule has 0 saturated carbocycles. The molecule has 4 nitrogen and oxygen atoms in total. The van der Waals surface area contributed by atoms with Crippen LogP contribution in [-0.2, 0) is 10.7 Å². The number of nitrogens with zero attached hydrogens (tertiary/aromatic N) is 2. The van der Waals surface area contributed by atoms with E-state index in [9.17, 15) is 13.6 Å². The lowest BCUT2D eigenvalue weighted by atomic mass is 10.2. The molecule has 108 valence electrons. The van der Waals surface area contributed by atoms with Gasteiger partial charge in [-0.05, 0) is 48.6 Å². The molecule has 0 spiro atoms. The van der Waals surface area contributed by atoms with Crippen LogP contribution in [0, 0.1) is 10.6 Å². The first-order valence-electron chi connectivity index (χ1n) is 5.99. The first-order chi connectivity index (χ1) is 9.25. The van der Waals surface area contributed by atoms with Crippen molar-refractivity contribution in [3.8, 4) is 0 Å². The van der Waals surface area contributed by atoms with Gasteiger partial charge in [-0.3, -0.25) is 4.40 Å². The summed E-state index contributed by atoms with van der Waals surface area (Å²) in [7, 11) is 0. The number of aromatic nitrogens is 2. The number of carbonyl (C=O) groups is 1. The van der Waals surface area contributed by atoms with E-state index in [0.29, 0.717) is 20.6 Å². The van der Waals surface area contributed by atoms with Crippen LogP contribution in [0.1, 0.15) is 35.6 Å². The van der Waals surface area contributed by atoms with E-state index in [1.807, 2.05) is 22.6 Å². The van der Waals surface area contributed by atoms with Crippen molar-refractivity contribution in [1.29, 1.82) is 0 Å². The number of halogens is 3. The zero-order valence-electron chi connectivity index (χ0n) is 11.2. The molecular weight excluding hydrogens is 381 g/mol. The second kappa shape index (κ2) is 5.27. The van der Waals surface area contributed by atoms with Crippen molar-refractivity contribution in [3.63, 3.8) is 0 Å². The van der Waals surface area contributed by atoms with Crippen molar-refractivity contribution in [2.24, 2.45) is 0 Å². The molecule has 0 saturated heterocycles. The van der Waals surface area contributed by atoms with Crippen LogP contribution < -0.4 is 0 Å². The van der Waals surface area contributed by atoms with Crippen molar-refractivity contribution in [3.05, 3.63) is 32.8 Å². The summed E-state index contributed by atoms with van der Waals surface area (Å²) in [5.74, 6) is -3.51. The van der Waals surface area contributed by atoms with Crippen LogP contribution in [0.3, 0.4) is 0 Å². The zero-order valence-corrected chi connectivity index (χ0v) is 13.4. The number of ether oxygens (including phenoxy) is 1. The van der Waals surface area contributed by atoms with Crippen LogP contribution in [0.5, 0.6) is 0 Å². The third-order valence-corrected chi connectivity index (χ3v) is 3.77. The summed E-state index contributed by atoms with van der Waals surface area (Å²) in [6.45, 7) is 4.50. The van der Waals surface area contributed by atoms with Crippen LogP contribution in [-0.4, -0.2) is 22.0 Å². The third-order valence-electron chi connectivity index (χ3n) is 2.78. The lowest BCUT2D eigenvalue weighted by molar-refractivity contribution is 0.0123. The predicted octanol–water partition coefficient (Wildman–Crippen LogP) is 3.54. The molecule has 0 aliphatic heterocycles. The van der Waals surface area contributed by atoms with Gasteiger partial charge in [0.1, 0.15) is 15.0 Å². The summed E-state index contributed by atoms with van der Waals surface area (Å²) in [4.78, 5) is 15.7. The molecule has 0 amide bonds. The fourth-order valence-corrected chi connectivity index (χ4v) is 3.15. The van der Waals surface area contributed by atoms with E-state index in [2.05, 4.69) is 4.98 Å². The number of rotatable bonds is 3. The van der Waals surface area contributed by atoms with Gasteiger partial charge in [-0.1, -0.05) is 0 Å². The Bertz CT molecular complexity index is 677. The van der Waals surface area contributed by atoms with Gasteiger partial charge in [0.25, 0.3) is 5.92 Å². The van der Waals surface area contributed by atoms with Crippen molar-refractivity contribution in [2.75, 3.05) is 6.61 Å². The van der Waals surface area contributed by atoms with Crippen LogP contribution in [0.15, 0.2) is 12.1 Å². The summed E-state index contributed by atoms with van der Waals surface area (Å²) < 4.78 is 33.8. The van der Waals surface area contributed by atoms with Crippen LogP contribution in [0.25, 0.3) is 5.65 Å². The molecule has 0 aromatic carbocycles. The van der Waals surface area contributed by atoms with Crippen molar-refractivity contribution < 1.29 is 18.3 Å². The molecule has 2 heterocycles. The highest BCUT2D eigenvalue weighted by atomic mass is 127. The molecule has 0 N–H and O–H groups in total. The molecule has 2 aromatic rings. The van der Waals surface area contributed by atoms with Gasteiger partial charge in [-0.25, -0.2) is 9.78 Å². The summed E-state index contributed by atoms with van der Waals surface area (Å²) in [6.07, 6.45) is 0. The highest BCUT2D eigenvalue weighted by Crippen LogP contribution is 2.31.